The van der Waals surface area contributed by atoms with Crippen LogP contribution in [0.3, 0.4) is 0 Å². The van der Waals surface area contributed by atoms with E-state index in [4.69, 9.17) is 5.73 Å². The fourth-order valence-corrected chi connectivity index (χ4v) is 2.37. The average molecular weight is 280 g/mol. The Morgan fingerprint density at radius 2 is 1.86 bits per heavy atom. The van der Waals surface area contributed by atoms with Crippen LogP contribution in [0.25, 0.3) is 11.0 Å². The molecule has 0 aliphatic heterocycles. The second kappa shape index (κ2) is 6.41. The lowest BCUT2D eigenvalue weighted by atomic mass is 10.2. The number of aryl methyl sites for hydroxylation is 1. The van der Waals surface area contributed by atoms with Crippen molar-refractivity contribution in [3.8, 4) is 0 Å². The Labute approximate surface area is 124 Å². The molecular formula is C17H20N4. The molecule has 4 nitrogen and oxygen atoms in total. The van der Waals surface area contributed by atoms with Crippen LogP contribution in [-0.2, 0) is 13.0 Å². The number of anilines is 1. The average Bonchev–Trinajstić information content (AvgIpc) is 2.91. The topological polar surface area (TPSA) is 66.7 Å². The van der Waals surface area contributed by atoms with Crippen LogP contribution in [0.15, 0.2) is 48.5 Å². The Morgan fingerprint density at radius 3 is 2.67 bits per heavy atom. The lowest BCUT2D eigenvalue weighted by molar-refractivity contribution is 0.641. The maximum Gasteiger partial charge on any atom is 0.107 e. The Morgan fingerprint density at radius 1 is 1.05 bits per heavy atom. The van der Waals surface area contributed by atoms with E-state index in [1.807, 2.05) is 30.3 Å². The molecule has 21 heavy (non-hydrogen) atoms. The third-order valence-electron chi connectivity index (χ3n) is 3.51. The summed E-state index contributed by atoms with van der Waals surface area (Å²) in [6, 6.07) is 16.1. The highest BCUT2D eigenvalue weighted by Crippen LogP contribution is 2.11. The maximum atomic E-state index is 5.67. The summed E-state index contributed by atoms with van der Waals surface area (Å²) < 4.78 is 0. The van der Waals surface area contributed by atoms with Crippen molar-refractivity contribution in [2.45, 2.75) is 19.4 Å². The molecule has 3 rings (SSSR count). The van der Waals surface area contributed by atoms with Gasteiger partial charge in [0.05, 0.1) is 11.0 Å². The first kappa shape index (κ1) is 13.6. The van der Waals surface area contributed by atoms with E-state index in [1.54, 1.807) is 0 Å². The van der Waals surface area contributed by atoms with Gasteiger partial charge < -0.3 is 16.0 Å². The minimum absolute atomic E-state index is 0.809. The first-order valence-corrected chi connectivity index (χ1v) is 7.30. The molecule has 0 atom stereocenters. The number of hydrogen-bond donors (Lipinski definition) is 3. The van der Waals surface area contributed by atoms with Crippen molar-refractivity contribution in [1.29, 1.82) is 0 Å². The van der Waals surface area contributed by atoms with E-state index in [9.17, 15) is 0 Å². The fraction of sp³-hybridized carbons (Fsp3) is 0.235. The maximum absolute atomic E-state index is 5.67. The third-order valence-corrected chi connectivity index (χ3v) is 3.51. The Kier molecular flexibility index (Phi) is 4.17. The van der Waals surface area contributed by atoms with Crippen LogP contribution in [0.2, 0.25) is 0 Å². The SMILES string of the molecule is Nc1ccc(CNCCCc2nc3ccccc3[nH]2)cc1. The summed E-state index contributed by atoms with van der Waals surface area (Å²) >= 11 is 0. The predicted molar refractivity (Wildman–Crippen MR) is 87.0 cm³/mol. The van der Waals surface area contributed by atoms with Crippen LogP contribution in [0, 0.1) is 0 Å². The summed E-state index contributed by atoms with van der Waals surface area (Å²) in [5.74, 6) is 1.06. The van der Waals surface area contributed by atoms with Crippen LogP contribution in [0.1, 0.15) is 17.8 Å². The molecule has 0 aliphatic rings. The number of nitrogens with one attached hydrogen (secondary N) is 2. The van der Waals surface area contributed by atoms with Gasteiger partial charge in [0.1, 0.15) is 5.82 Å². The molecule has 0 saturated carbocycles. The van der Waals surface area contributed by atoms with Crippen LogP contribution >= 0.6 is 0 Å². The molecule has 0 saturated heterocycles. The molecular weight excluding hydrogens is 260 g/mol. The van der Waals surface area contributed by atoms with Crippen molar-refractivity contribution in [1.82, 2.24) is 15.3 Å². The summed E-state index contributed by atoms with van der Waals surface area (Å²) in [7, 11) is 0. The van der Waals surface area contributed by atoms with Gasteiger partial charge in [0.15, 0.2) is 0 Å². The number of aromatic nitrogens is 2. The highest BCUT2D eigenvalue weighted by atomic mass is 14.9. The molecule has 4 heteroatoms. The van der Waals surface area contributed by atoms with E-state index < -0.39 is 0 Å². The fourth-order valence-electron chi connectivity index (χ4n) is 2.37. The van der Waals surface area contributed by atoms with Gasteiger partial charge >= 0.3 is 0 Å². The van der Waals surface area contributed by atoms with E-state index in [0.29, 0.717) is 0 Å². The number of nitrogen functional groups attached to an aromatic ring is 1. The zero-order chi connectivity index (χ0) is 14.5. The molecule has 1 heterocycles. The first-order chi connectivity index (χ1) is 10.3. The molecule has 2 aromatic carbocycles. The Hall–Kier alpha value is -2.33. The van der Waals surface area contributed by atoms with Gasteiger partial charge in [-0.25, -0.2) is 4.98 Å². The smallest absolute Gasteiger partial charge is 0.107 e. The summed E-state index contributed by atoms with van der Waals surface area (Å²) in [4.78, 5) is 7.94. The summed E-state index contributed by atoms with van der Waals surface area (Å²) in [5.41, 5.74) is 9.89. The highest BCUT2D eigenvalue weighted by Gasteiger charge is 2.01. The Bertz CT molecular complexity index is 667. The minimum Gasteiger partial charge on any atom is -0.399 e. The van der Waals surface area contributed by atoms with Crippen molar-refractivity contribution in [3.05, 3.63) is 59.9 Å². The molecule has 1 aromatic heterocycles. The molecule has 0 fully saturated rings. The largest absolute Gasteiger partial charge is 0.399 e. The number of rotatable bonds is 6. The number of nitrogens with zero attached hydrogens (tertiary/aromatic N) is 1. The molecule has 108 valence electrons. The number of aromatic amines is 1. The molecule has 0 amide bonds. The number of nitrogens with two attached hydrogens (primary N) is 1. The van der Waals surface area contributed by atoms with Crippen molar-refractivity contribution >= 4 is 16.7 Å². The van der Waals surface area contributed by atoms with Crippen LogP contribution < -0.4 is 11.1 Å². The van der Waals surface area contributed by atoms with Gasteiger partial charge in [0.2, 0.25) is 0 Å². The number of H-pyrrole nitrogens is 1. The van der Waals surface area contributed by atoms with Gasteiger partial charge in [0.25, 0.3) is 0 Å². The van der Waals surface area contributed by atoms with Crippen LogP contribution in [0.4, 0.5) is 5.69 Å². The first-order valence-electron chi connectivity index (χ1n) is 7.30. The van der Waals surface area contributed by atoms with E-state index in [2.05, 4.69) is 33.5 Å². The molecule has 0 spiro atoms. The molecule has 0 aliphatic carbocycles. The van der Waals surface area contributed by atoms with Gasteiger partial charge in [-0.2, -0.15) is 0 Å². The van der Waals surface area contributed by atoms with Gasteiger partial charge in [-0.3, -0.25) is 0 Å². The zero-order valence-electron chi connectivity index (χ0n) is 12.0. The van der Waals surface area contributed by atoms with E-state index in [1.165, 1.54) is 5.56 Å². The summed E-state index contributed by atoms with van der Waals surface area (Å²) in [5, 5.41) is 3.44. The number of imidazole rings is 1. The van der Waals surface area contributed by atoms with Crippen molar-refractivity contribution < 1.29 is 0 Å². The van der Waals surface area contributed by atoms with Crippen LogP contribution in [0.5, 0.6) is 0 Å². The lowest BCUT2D eigenvalue weighted by Gasteiger charge is -2.04. The number of hydrogen-bond acceptors (Lipinski definition) is 3. The van der Waals surface area contributed by atoms with E-state index in [0.717, 1.165) is 48.5 Å². The van der Waals surface area contributed by atoms with E-state index in [-0.39, 0.29) is 0 Å². The number of benzene rings is 2. The normalized spacial score (nSPS) is 11.0. The van der Waals surface area contributed by atoms with Gasteiger partial charge in [0, 0.05) is 18.7 Å². The molecule has 0 unspecified atom stereocenters. The summed E-state index contributed by atoms with van der Waals surface area (Å²) in [6.07, 6.45) is 2.03. The van der Waals surface area contributed by atoms with Crippen LogP contribution in [-0.4, -0.2) is 16.5 Å². The highest BCUT2D eigenvalue weighted by molar-refractivity contribution is 5.74. The van der Waals surface area contributed by atoms with E-state index >= 15 is 0 Å². The standard InChI is InChI=1S/C17H20N4/c18-14-9-7-13(8-10-14)12-19-11-3-6-17-20-15-4-1-2-5-16(15)21-17/h1-2,4-5,7-10,19H,3,6,11-12,18H2,(H,20,21). The molecule has 3 aromatic rings. The number of fused-ring (bicyclic) bond motifs is 1. The molecule has 0 radical (unpaired) electrons. The van der Waals surface area contributed by atoms with Crippen molar-refractivity contribution in [3.63, 3.8) is 0 Å². The van der Waals surface area contributed by atoms with Crippen molar-refractivity contribution in [2.24, 2.45) is 0 Å². The van der Waals surface area contributed by atoms with Gasteiger partial charge in [-0.05, 0) is 42.8 Å². The zero-order valence-corrected chi connectivity index (χ0v) is 12.0. The van der Waals surface area contributed by atoms with Gasteiger partial charge in [-0.1, -0.05) is 24.3 Å². The van der Waals surface area contributed by atoms with Crippen molar-refractivity contribution in [2.75, 3.05) is 12.3 Å². The van der Waals surface area contributed by atoms with Gasteiger partial charge in [-0.15, -0.1) is 0 Å². The Balaban J connectivity index is 1.42. The monoisotopic (exact) mass is 280 g/mol. The molecule has 0 bridgehead atoms. The quantitative estimate of drug-likeness (QED) is 0.480. The molecule has 4 N–H and O–H groups in total. The minimum atomic E-state index is 0.809. The third kappa shape index (κ3) is 3.61. The summed E-state index contributed by atoms with van der Waals surface area (Å²) in [6.45, 7) is 1.85. The predicted octanol–water partition coefficient (Wildman–Crippen LogP) is 2.87. The lowest BCUT2D eigenvalue weighted by Crippen LogP contribution is -2.15. The second-order valence-electron chi connectivity index (χ2n) is 5.22. The second-order valence-corrected chi connectivity index (χ2v) is 5.22. The number of para-hydroxylation sites is 2.